The van der Waals surface area contributed by atoms with Crippen molar-refractivity contribution in [1.82, 2.24) is 4.90 Å². The molecule has 0 aromatic heterocycles. The summed E-state index contributed by atoms with van der Waals surface area (Å²) in [4.78, 5) is 25.9. The van der Waals surface area contributed by atoms with E-state index in [0.29, 0.717) is 44.6 Å². The van der Waals surface area contributed by atoms with Crippen molar-refractivity contribution in [3.8, 4) is 0 Å². The zero-order chi connectivity index (χ0) is 18.9. The lowest BCUT2D eigenvalue weighted by molar-refractivity contribution is -0.154. The number of rotatable bonds is 8. The van der Waals surface area contributed by atoms with Gasteiger partial charge in [-0.25, -0.2) is 9.59 Å². The van der Waals surface area contributed by atoms with E-state index in [1.54, 1.807) is 14.0 Å². The van der Waals surface area contributed by atoms with Gasteiger partial charge < -0.3 is 23.7 Å². The van der Waals surface area contributed by atoms with E-state index < -0.39 is 12.1 Å². The number of nitrogens with zero attached hydrogens (tertiary/aromatic N) is 1. The van der Waals surface area contributed by atoms with Gasteiger partial charge in [-0.05, 0) is 44.4 Å². The molecular formula is C18H31NO7. The van der Waals surface area contributed by atoms with Crippen LogP contribution >= 0.6 is 0 Å². The zero-order valence-corrected chi connectivity index (χ0v) is 16.0. The normalized spacial score (nSPS) is 28.3. The van der Waals surface area contributed by atoms with Crippen LogP contribution in [0.5, 0.6) is 0 Å². The van der Waals surface area contributed by atoms with Gasteiger partial charge in [0.2, 0.25) is 0 Å². The minimum Gasteiger partial charge on any atom is -0.464 e. The fraction of sp³-hybridized carbons (Fsp3) is 0.889. The molecule has 0 aromatic rings. The monoisotopic (exact) mass is 373 g/mol. The first-order chi connectivity index (χ1) is 12.6. The first-order valence-electron chi connectivity index (χ1n) is 9.30. The molecule has 1 heterocycles. The van der Waals surface area contributed by atoms with Gasteiger partial charge in [-0.1, -0.05) is 0 Å². The van der Waals surface area contributed by atoms with Gasteiger partial charge in [0.05, 0.1) is 33.0 Å². The SMILES string of the molecule is CCOC(=O)[C@@H]1C[C@H]2C[C@@H](OCOCCOC)CC[C@H]2CN1C(=O)OC. The molecule has 2 fully saturated rings. The number of esters is 1. The Labute approximate surface area is 155 Å². The summed E-state index contributed by atoms with van der Waals surface area (Å²) in [5.41, 5.74) is 0. The molecule has 0 N–H and O–H groups in total. The topological polar surface area (TPSA) is 83.5 Å². The summed E-state index contributed by atoms with van der Waals surface area (Å²) in [6.07, 6.45) is 2.98. The molecule has 8 heteroatoms. The van der Waals surface area contributed by atoms with Crippen LogP contribution in [0.15, 0.2) is 0 Å². The van der Waals surface area contributed by atoms with Gasteiger partial charge >= 0.3 is 12.1 Å². The Hall–Kier alpha value is -1.38. The van der Waals surface area contributed by atoms with Crippen LogP contribution in [0.4, 0.5) is 4.79 Å². The lowest BCUT2D eigenvalue weighted by Crippen LogP contribution is -2.55. The van der Waals surface area contributed by atoms with E-state index in [9.17, 15) is 9.59 Å². The third-order valence-electron chi connectivity index (χ3n) is 5.21. The number of ether oxygens (including phenoxy) is 5. The summed E-state index contributed by atoms with van der Waals surface area (Å²) in [5.74, 6) is 0.319. The van der Waals surface area contributed by atoms with E-state index in [1.807, 2.05) is 0 Å². The van der Waals surface area contributed by atoms with Gasteiger partial charge in [-0.15, -0.1) is 0 Å². The summed E-state index contributed by atoms with van der Waals surface area (Å²) in [7, 11) is 2.97. The summed E-state index contributed by atoms with van der Waals surface area (Å²) < 4.78 is 26.2. The van der Waals surface area contributed by atoms with Gasteiger partial charge in [0.1, 0.15) is 12.8 Å². The molecule has 0 bridgehead atoms. The molecule has 1 saturated carbocycles. The maximum Gasteiger partial charge on any atom is 0.410 e. The quantitative estimate of drug-likeness (QED) is 0.364. The van der Waals surface area contributed by atoms with E-state index in [0.717, 1.165) is 19.3 Å². The second kappa shape index (κ2) is 10.7. The highest BCUT2D eigenvalue weighted by molar-refractivity contribution is 5.81. The van der Waals surface area contributed by atoms with E-state index in [1.165, 1.54) is 12.0 Å². The molecule has 1 aliphatic heterocycles. The van der Waals surface area contributed by atoms with Gasteiger partial charge in [0.15, 0.2) is 0 Å². The fourth-order valence-corrected chi connectivity index (χ4v) is 3.88. The molecule has 2 aliphatic rings. The maximum absolute atomic E-state index is 12.3. The van der Waals surface area contributed by atoms with Crippen LogP contribution in [0.1, 0.15) is 32.6 Å². The second-order valence-electron chi connectivity index (χ2n) is 6.77. The molecule has 0 radical (unpaired) electrons. The molecule has 8 nitrogen and oxygen atoms in total. The fourth-order valence-electron chi connectivity index (χ4n) is 3.88. The number of hydrogen-bond acceptors (Lipinski definition) is 7. The van der Waals surface area contributed by atoms with Gasteiger partial charge in [0.25, 0.3) is 0 Å². The smallest absolute Gasteiger partial charge is 0.410 e. The van der Waals surface area contributed by atoms with Crippen molar-refractivity contribution >= 4 is 12.1 Å². The van der Waals surface area contributed by atoms with Gasteiger partial charge in [-0.2, -0.15) is 0 Å². The lowest BCUT2D eigenvalue weighted by atomic mass is 9.72. The molecule has 1 aliphatic carbocycles. The Morgan fingerprint density at radius 1 is 1.08 bits per heavy atom. The summed E-state index contributed by atoms with van der Waals surface area (Å²) >= 11 is 0. The molecule has 150 valence electrons. The second-order valence-corrected chi connectivity index (χ2v) is 6.77. The largest absolute Gasteiger partial charge is 0.464 e. The molecular weight excluding hydrogens is 342 g/mol. The Balaban J connectivity index is 1.90. The van der Waals surface area contributed by atoms with Gasteiger partial charge in [0, 0.05) is 13.7 Å². The number of likely N-dealkylation sites (tertiary alicyclic amines) is 1. The van der Waals surface area contributed by atoms with Crippen molar-refractivity contribution in [2.75, 3.05) is 47.4 Å². The number of amides is 1. The van der Waals surface area contributed by atoms with E-state index in [2.05, 4.69) is 0 Å². The van der Waals surface area contributed by atoms with Crippen LogP contribution in [-0.2, 0) is 28.5 Å². The number of hydrogen-bond donors (Lipinski definition) is 0. The van der Waals surface area contributed by atoms with Crippen LogP contribution in [0, 0.1) is 11.8 Å². The Morgan fingerprint density at radius 3 is 2.58 bits per heavy atom. The van der Waals surface area contributed by atoms with Crippen LogP contribution in [0.3, 0.4) is 0 Å². The van der Waals surface area contributed by atoms with Crippen molar-refractivity contribution in [2.45, 2.75) is 44.8 Å². The predicted octanol–water partition coefficient (Wildman–Crippen LogP) is 1.81. The third kappa shape index (κ3) is 5.56. The average Bonchev–Trinajstić information content (AvgIpc) is 2.66. The Morgan fingerprint density at radius 2 is 1.88 bits per heavy atom. The zero-order valence-electron chi connectivity index (χ0n) is 16.0. The lowest BCUT2D eigenvalue weighted by Gasteiger charge is -2.45. The highest BCUT2D eigenvalue weighted by Crippen LogP contribution is 2.40. The molecule has 4 atom stereocenters. The standard InChI is InChI=1S/C18H31NO7/c1-4-25-17(20)16-10-14-9-15(26-12-24-8-7-22-2)6-5-13(14)11-19(16)18(21)23-3/h13-16H,4-12H2,1-3H3/t13-,14+,15-,16-/m0/s1. The van der Waals surface area contributed by atoms with Crippen molar-refractivity contribution in [3.63, 3.8) is 0 Å². The number of carbonyl (C=O) groups is 2. The molecule has 1 saturated heterocycles. The number of fused-ring (bicyclic) bond motifs is 1. The third-order valence-corrected chi connectivity index (χ3v) is 5.21. The van der Waals surface area contributed by atoms with E-state index in [4.69, 9.17) is 23.7 Å². The molecule has 0 spiro atoms. The van der Waals surface area contributed by atoms with Crippen LogP contribution in [0.25, 0.3) is 0 Å². The number of methoxy groups -OCH3 is 2. The summed E-state index contributed by atoms with van der Waals surface area (Å²) in [5, 5.41) is 0. The molecule has 2 rings (SSSR count). The Kier molecular flexibility index (Phi) is 8.61. The minimum absolute atomic E-state index is 0.117. The highest BCUT2D eigenvalue weighted by atomic mass is 16.7. The van der Waals surface area contributed by atoms with Crippen molar-refractivity contribution in [3.05, 3.63) is 0 Å². The average molecular weight is 373 g/mol. The highest BCUT2D eigenvalue weighted by Gasteiger charge is 2.44. The summed E-state index contributed by atoms with van der Waals surface area (Å²) in [6, 6.07) is -0.583. The van der Waals surface area contributed by atoms with E-state index >= 15 is 0 Å². The minimum atomic E-state index is -0.583. The molecule has 0 aromatic carbocycles. The molecule has 26 heavy (non-hydrogen) atoms. The van der Waals surface area contributed by atoms with Gasteiger partial charge in [-0.3, -0.25) is 4.90 Å². The first kappa shape index (κ1) is 20.9. The van der Waals surface area contributed by atoms with Crippen molar-refractivity contribution in [1.29, 1.82) is 0 Å². The van der Waals surface area contributed by atoms with Crippen molar-refractivity contribution < 1.29 is 33.3 Å². The first-order valence-corrected chi connectivity index (χ1v) is 9.30. The van der Waals surface area contributed by atoms with E-state index in [-0.39, 0.29) is 18.9 Å². The number of carbonyl (C=O) groups excluding carboxylic acids is 2. The van der Waals surface area contributed by atoms with Crippen molar-refractivity contribution in [2.24, 2.45) is 11.8 Å². The molecule has 1 amide bonds. The van der Waals surface area contributed by atoms with Crippen LogP contribution in [0.2, 0.25) is 0 Å². The number of piperidine rings is 1. The van der Waals surface area contributed by atoms with Crippen LogP contribution < -0.4 is 0 Å². The molecule has 0 unspecified atom stereocenters. The Bertz CT molecular complexity index is 459. The van der Waals surface area contributed by atoms with Crippen LogP contribution in [-0.4, -0.2) is 76.5 Å². The predicted molar refractivity (Wildman–Crippen MR) is 92.5 cm³/mol. The summed E-state index contributed by atoms with van der Waals surface area (Å²) in [6.45, 7) is 3.89. The maximum atomic E-state index is 12.3.